The lowest BCUT2D eigenvalue weighted by atomic mass is 9.49. The molecular formula is C39H52O9. The van der Waals surface area contributed by atoms with Gasteiger partial charge in [0.05, 0.1) is 11.5 Å². The highest BCUT2D eigenvalue weighted by Crippen LogP contribution is 2.61. The van der Waals surface area contributed by atoms with E-state index in [-0.39, 0.29) is 53.2 Å². The van der Waals surface area contributed by atoms with Crippen LogP contribution in [0.3, 0.4) is 0 Å². The average molecular weight is 665 g/mol. The molecule has 9 nitrogen and oxygen atoms in total. The second kappa shape index (κ2) is 12.4. The first-order valence-electron chi connectivity index (χ1n) is 18.4. The largest absolute Gasteiger partial charge is 0.458 e. The molecule has 262 valence electrons. The third kappa shape index (κ3) is 5.86. The summed E-state index contributed by atoms with van der Waals surface area (Å²) in [6.45, 7) is 12.5. The van der Waals surface area contributed by atoms with Crippen LogP contribution in [0.15, 0.2) is 38.0 Å². The molecule has 48 heavy (non-hydrogen) atoms. The minimum atomic E-state index is -0.564. The van der Waals surface area contributed by atoms with Gasteiger partial charge in [-0.05, 0) is 119 Å². The number of carbonyl (C=O) groups excluding carboxylic acids is 4. The van der Waals surface area contributed by atoms with Crippen molar-refractivity contribution in [2.24, 2.45) is 53.3 Å². The molecule has 10 bridgehead atoms. The lowest BCUT2D eigenvalue weighted by Crippen LogP contribution is -2.60. The minimum absolute atomic E-state index is 0.0682. The van der Waals surface area contributed by atoms with Crippen molar-refractivity contribution in [3.05, 3.63) is 38.0 Å². The first-order chi connectivity index (χ1) is 22.9. The zero-order valence-electron chi connectivity index (χ0n) is 28.3. The van der Waals surface area contributed by atoms with E-state index in [4.69, 9.17) is 18.9 Å². The summed E-state index contributed by atoms with van der Waals surface area (Å²) in [5.74, 6) is 3.72. The first-order valence-corrected chi connectivity index (χ1v) is 18.4. The highest BCUT2D eigenvalue weighted by molar-refractivity contribution is 5.82. The van der Waals surface area contributed by atoms with Gasteiger partial charge < -0.3 is 24.1 Å². The molecule has 0 aromatic heterocycles. The summed E-state index contributed by atoms with van der Waals surface area (Å²) < 4.78 is 21.9. The van der Waals surface area contributed by atoms with Crippen molar-refractivity contribution in [2.45, 2.75) is 126 Å². The number of ether oxygens (including phenoxy) is 4. The fourth-order valence-corrected chi connectivity index (χ4v) is 12.8. The van der Waals surface area contributed by atoms with Crippen LogP contribution >= 0.6 is 0 Å². The van der Waals surface area contributed by atoms with E-state index in [1.165, 1.54) is 50.7 Å². The van der Waals surface area contributed by atoms with Gasteiger partial charge in [0.1, 0.15) is 23.4 Å². The van der Waals surface area contributed by atoms with Gasteiger partial charge in [0.25, 0.3) is 0 Å². The van der Waals surface area contributed by atoms with Gasteiger partial charge in [0.2, 0.25) is 0 Å². The Hall–Kier alpha value is -2.94. The Bertz CT molecular complexity index is 1320. The summed E-state index contributed by atoms with van der Waals surface area (Å²) in [6.07, 6.45) is 18.1. The summed E-state index contributed by atoms with van der Waals surface area (Å²) >= 11 is 0. The maximum atomic E-state index is 11.6. The van der Waals surface area contributed by atoms with E-state index in [9.17, 15) is 24.3 Å². The lowest BCUT2D eigenvalue weighted by molar-refractivity contribution is -0.216. The molecule has 11 rings (SSSR count). The number of hydrogen-bond acceptors (Lipinski definition) is 9. The number of hydrogen-bond donors (Lipinski definition) is 1. The van der Waals surface area contributed by atoms with Crippen molar-refractivity contribution in [1.29, 1.82) is 0 Å². The van der Waals surface area contributed by atoms with E-state index >= 15 is 0 Å². The molecule has 0 radical (unpaired) electrons. The zero-order chi connectivity index (χ0) is 34.0. The van der Waals surface area contributed by atoms with Crippen LogP contribution in [-0.4, -0.2) is 58.0 Å². The van der Waals surface area contributed by atoms with Crippen molar-refractivity contribution in [1.82, 2.24) is 0 Å². The van der Waals surface area contributed by atoms with E-state index in [1.807, 2.05) is 0 Å². The van der Waals surface area contributed by atoms with Crippen molar-refractivity contribution < 1.29 is 43.2 Å². The molecule has 1 aliphatic heterocycles. The molecule has 0 spiro atoms. The van der Waals surface area contributed by atoms with E-state index in [2.05, 4.69) is 26.7 Å². The van der Waals surface area contributed by atoms with Crippen LogP contribution in [0.2, 0.25) is 0 Å². The zero-order valence-corrected chi connectivity index (χ0v) is 28.3. The van der Waals surface area contributed by atoms with Gasteiger partial charge in [-0.25, -0.2) is 14.4 Å². The fourth-order valence-electron chi connectivity index (χ4n) is 12.8. The molecule has 0 aromatic carbocycles. The number of carbonyl (C=O) groups is 4. The molecule has 7 unspecified atom stereocenters. The molecule has 11 fully saturated rings. The van der Waals surface area contributed by atoms with Crippen LogP contribution in [0.5, 0.6) is 0 Å². The third-order valence-corrected chi connectivity index (χ3v) is 13.8. The monoisotopic (exact) mass is 664 g/mol. The number of fused-ring (bicyclic) bond motifs is 1. The van der Waals surface area contributed by atoms with Crippen molar-refractivity contribution >= 4 is 23.9 Å². The van der Waals surface area contributed by atoms with Gasteiger partial charge in [-0.15, -0.1) is 0 Å². The Labute approximate surface area is 283 Å². The second-order valence-corrected chi connectivity index (χ2v) is 16.7. The Morgan fingerprint density at radius 1 is 0.792 bits per heavy atom. The van der Waals surface area contributed by atoms with Crippen LogP contribution in [-0.2, 0) is 38.1 Å². The molecule has 9 heteroatoms. The van der Waals surface area contributed by atoms with E-state index < -0.39 is 11.6 Å². The summed E-state index contributed by atoms with van der Waals surface area (Å²) in [4.78, 5) is 45.5. The minimum Gasteiger partial charge on any atom is -0.458 e. The molecule has 10 aliphatic carbocycles. The molecule has 10 saturated carbocycles. The molecule has 1 saturated heterocycles. The third-order valence-electron chi connectivity index (χ3n) is 13.8. The lowest BCUT2D eigenvalue weighted by Gasteiger charge is -2.60. The second-order valence-electron chi connectivity index (χ2n) is 16.7. The van der Waals surface area contributed by atoms with Gasteiger partial charge in [0.15, 0.2) is 0 Å². The van der Waals surface area contributed by atoms with E-state index in [1.54, 1.807) is 0 Å². The van der Waals surface area contributed by atoms with Crippen molar-refractivity contribution in [3.63, 3.8) is 0 Å². The molecule has 1 heterocycles. The molecule has 7 atom stereocenters. The SMILES string of the molecule is C=CC(=O)OC1(CC)C2CC3CC(C2)CC1C3.C=CC(=O)OC12CC3CC(CC(O)(C3)C1)C2.C=CC(=O)OC1C2CC3C(=O)OC1C3C2. The molecule has 1 N–H and O–H groups in total. The molecule has 0 amide bonds. The Balaban J connectivity index is 0.000000114. The maximum Gasteiger partial charge on any atom is 0.330 e. The molecular weight excluding hydrogens is 612 g/mol. The van der Waals surface area contributed by atoms with Crippen molar-refractivity contribution in [3.8, 4) is 0 Å². The quantitative estimate of drug-likeness (QED) is 0.205. The van der Waals surface area contributed by atoms with Crippen LogP contribution in [0.1, 0.15) is 96.8 Å². The van der Waals surface area contributed by atoms with Crippen LogP contribution < -0.4 is 0 Å². The van der Waals surface area contributed by atoms with Crippen LogP contribution in [0, 0.1) is 53.3 Å². The Kier molecular flexibility index (Phi) is 8.69. The predicted octanol–water partition coefficient (Wildman–Crippen LogP) is 5.79. The van der Waals surface area contributed by atoms with Gasteiger partial charge in [-0.3, -0.25) is 4.79 Å². The highest BCUT2D eigenvalue weighted by atomic mass is 16.6. The summed E-state index contributed by atoms with van der Waals surface area (Å²) in [7, 11) is 0. The van der Waals surface area contributed by atoms with Crippen LogP contribution in [0.4, 0.5) is 0 Å². The van der Waals surface area contributed by atoms with Crippen LogP contribution in [0.25, 0.3) is 0 Å². The van der Waals surface area contributed by atoms with Gasteiger partial charge >= 0.3 is 23.9 Å². The average Bonchev–Trinajstić information content (AvgIpc) is 3.67. The maximum absolute atomic E-state index is 11.6. The van der Waals surface area contributed by atoms with E-state index in [0.29, 0.717) is 36.0 Å². The first kappa shape index (κ1) is 33.6. The molecule has 11 aliphatic rings. The standard InChI is InChI=1S/C15H22O2.C13H18O3.C11H12O4/c1-3-14(16)17-15(4-2)12-6-10-5-11(8-12)9-13(15)7-10;1-2-11(14)16-13-6-9-3-10(7-13)5-12(15,4-9)8-13;1-2-8(12)14-9-5-3-6-7(4-5)11(13)15-10(6)9/h3,10-13H,1,4-9H2,2H3;2,9-10,15H,1,3-8H2;2,5-7,9-10H,1,3-4H2. The van der Waals surface area contributed by atoms with Gasteiger partial charge in [0, 0.05) is 36.5 Å². The normalized spacial score (nSPS) is 47.1. The summed E-state index contributed by atoms with van der Waals surface area (Å²) in [6, 6.07) is 0. The topological polar surface area (TPSA) is 125 Å². The summed E-state index contributed by atoms with van der Waals surface area (Å²) in [5, 5.41) is 10.4. The Morgan fingerprint density at radius 2 is 1.35 bits per heavy atom. The van der Waals surface area contributed by atoms with Gasteiger partial charge in [-0.1, -0.05) is 26.7 Å². The fraction of sp³-hybridized carbons (Fsp3) is 0.744. The van der Waals surface area contributed by atoms with Gasteiger partial charge in [-0.2, -0.15) is 0 Å². The highest BCUT2D eigenvalue weighted by Gasteiger charge is 2.63. The smallest absolute Gasteiger partial charge is 0.330 e. The number of aliphatic hydroxyl groups is 1. The van der Waals surface area contributed by atoms with Crippen molar-refractivity contribution in [2.75, 3.05) is 0 Å². The Morgan fingerprint density at radius 3 is 1.90 bits per heavy atom. The summed E-state index contributed by atoms with van der Waals surface area (Å²) in [5.41, 5.74) is -1.10. The predicted molar refractivity (Wildman–Crippen MR) is 175 cm³/mol. The molecule has 0 aromatic rings. The number of esters is 4. The van der Waals surface area contributed by atoms with E-state index in [0.717, 1.165) is 62.9 Å². The number of rotatable bonds is 7.